The first-order chi connectivity index (χ1) is 12.0. The number of amides is 2. The predicted octanol–water partition coefficient (Wildman–Crippen LogP) is -0.918. The molecule has 1 saturated heterocycles. The summed E-state index contributed by atoms with van der Waals surface area (Å²) in [6.45, 7) is 6.23. The Balaban J connectivity index is 1.75. The molecule has 0 bridgehead atoms. The van der Waals surface area contributed by atoms with Crippen molar-refractivity contribution in [3.63, 3.8) is 0 Å². The first-order valence-corrected chi connectivity index (χ1v) is 8.89. The molecule has 0 spiro atoms. The van der Waals surface area contributed by atoms with Gasteiger partial charge in [0.1, 0.15) is 5.75 Å². The molecule has 7 nitrogen and oxygen atoms in total. The number of nitrogens with one attached hydrogen (secondary N) is 2. The van der Waals surface area contributed by atoms with Crippen LogP contribution in [-0.4, -0.2) is 74.7 Å². The SMILES string of the molecule is CCCNC(=O)C[NH+](C)CC(=O)N1CCN(c2ccc(O)cc2)CC1. The number of rotatable bonds is 7. The second-order valence-corrected chi connectivity index (χ2v) is 6.54. The summed E-state index contributed by atoms with van der Waals surface area (Å²) in [5, 5.41) is 12.2. The van der Waals surface area contributed by atoms with Crippen LogP contribution in [0.3, 0.4) is 0 Å². The third-order valence-corrected chi connectivity index (χ3v) is 4.33. The number of piperazine rings is 1. The lowest BCUT2D eigenvalue weighted by atomic mass is 10.2. The number of nitrogens with zero attached hydrogens (tertiary/aromatic N) is 2. The van der Waals surface area contributed by atoms with Gasteiger partial charge in [0, 0.05) is 38.4 Å². The number of hydrogen-bond acceptors (Lipinski definition) is 4. The number of benzene rings is 1. The number of carbonyl (C=O) groups excluding carboxylic acids is 2. The maximum absolute atomic E-state index is 12.4. The molecule has 0 aliphatic carbocycles. The molecule has 1 aliphatic rings. The molecule has 1 fully saturated rings. The van der Waals surface area contributed by atoms with Crippen LogP contribution in [0.25, 0.3) is 0 Å². The second kappa shape index (κ2) is 9.27. The number of anilines is 1. The van der Waals surface area contributed by atoms with Crippen LogP contribution < -0.4 is 15.1 Å². The molecule has 0 saturated carbocycles. The van der Waals surface area contributed by atoms with E-state index in [-0.39, 0.29) is 17.6 Å². The highest BCUT2D eigenvalue weighted by atomic mass is 16.3. The van der Waals surface area contributed by atoms with Crippen LogP contribution in [0.1, 0.15) is 13.3 Å². The monoisotopic (exact) mass is 349 g/mol. The van der Waals surface area contributed by atoms with Gasteiger partial charge in [-0.05, 0) is 30.7 Å². The highest BCUT2D eigenvalue weighted by Gasteiger charge is 2.24. The Hall–Kier alpha value is -2.28. The minimum atomic E-state index is -0.00991. The second-order valence-electron chi connectivity index (χ2n) is 6.54. The van der Waals surface area contributed by atoms with Crippen LogP contribution in [0.2, 0.25) is 0 Å². The van der Waals surface area contributed by atoms with E-state index in [0.29, 0.717) is 32.7 Å². The van der Waals surface area contributed by atoms with E-state index in [1.807, 2.05) is 31.0 Å². The fourth-order valence-corrected chi connectivity index (χ4v) is 2.91. The largest absolute Gasteiger partial charge is 0.508 e. The van der Waals surface area contributed by atoms with E-state index in [1.54, 1.807) is 12.1 Å². The predicted molar refractivity (Wildman–Crippen MR) is 96.8 cm³/mol. The molecule has 1 aromatic carbocycles. The van der Waals surface area contributed by atoms with Gasteiger partial charge in [0.2, 0.25) is 0 Å². The van der Waals surface area contributed by atoms with Crippen molar-refractivity contribution in [2.24, 2.45) is 0 Å². The highest BCUT2D eigenvalue weighted by molar-refractivity contribution is 5.79. The molecule has 25 heavy (non-hydrogen) atoms. The molecule has 138 valence electrons. The summed E-state index contributed by atoms with van der Waals surface area (Å²) in [7, 11) is 1.87. The average molecular weight is 349 g/mol. The zero-order chi connectivity index (χ0) is 18.2. The number of likely N-dealkylation sites (N-methyl/N-ethyl adjacent to an activating group) is 1. The molecule has 7 heteroatoms. The fourth-order valence-electron chi connectivity index (χ4n) is 2.91. The summed E-state index contributed by atoms with van der Waals surface area (Å²) in [5.41, 5.74) is 1.06. The smallest absolute Gasteiger partial charge is 0.277 e. The zero-order valence-electron chi connectivity index (χ0n) is 15.1. The summed E-state index contributed by atoms with van der Waals surface area (Å²) in [5.74, 6) is 0.335. The van der Waals surface area contributed by atoms with Crippen molar-refractivity contribution in [1.29, 1.82) is 0 Å². The Morgan fingerprint density at radius 3 is 2.36 bits per heavy atom. The molecule has 1 atom stereocenters. The normalized spacial score (nSPS) is 15.8. The lowest BCUT2D eigenvalue weighted by molar-refractivity contribution is -0.863. The quantitative estimate of drug-likeness (QED) is 0.595. The Bertz CT molecular complexity index is 568. The first kappa shape index (κ1) is 19.1. The molecule has 0 aromatic heterocycles. The van der Waals surface area contributed by atoms with Crippen molar-refractivity contribution in [3.05, 3.63) is 24.3 Å². The van der Waals surface area contributed by atoms with Crippen LogP contribution in [0, 0.1) is 0 Å². The summed E-state index contributed by atoms with van der Waals surface area (Å²) < 4.78 is 0. The van der Waals surface area contributed by atoms with Crippen LogP contribution in [0.4, 0.5) is 5.69 Å². The number of quaternary nitrogens is 1. The standard InChI is InChI=1S/C18H28N4O3/c1-3-8-19-17(24)13-20(2)14-18(25)22-11-9-21(10-12-22)15-4-6-16(23)7-5-15/h4-7,23H,3,8-14H2,1-2H3,(H,19,24)/p+1. The van der Waals surface area contributed by atoms with Crippen molar-refractivity contribution >= 4 is 17.5 Å². The first-order valence-electron chi connectivity index (χ1n) is 8.89. The van der Waals surface area contributed by atoms with Gasteiger partial charge in [-0.15, -0.1) is 0 Å². The Kier molecular flexibility index (Phi) is 7.06. The summed E-state index contributed by atoms with van der Waals surface area (Å²) in [6.07, 6.45) is 0.912. The number of hydrogen-bond donors (Lipinski definition) is 3. The maximum Gasteiger partial charge on any atom is 0.277 e. The van der Waals surface area contributed by atoms with Crippen LogP contribution in [0.15, 0.2) is 24.3 Å². The van der Waals surface area contributed by atoms with Gasteiger partial charge in [0.15, 0.2) is 13.1 Å². The van der Waals surface area contributed by atoms with E-state index in [0.717, 1.165) is 30.1 Å². The number of aromatic hydroxyl groups is 1. The van der Waals surface area contributed by atoms with Crippen molar-refractivity contribution in [2.75, 3.05) is 57.8 Å². The number of phenolic OH excluding ortho intramolecular Hbond substituents is 1. The maximum atomic E-state index is 12.4. The van der Waals surface area contributed by atoms with E-state index in [9.17, 15) is 14.7 Å². The molecular formula is C18H29N4O3+. The molecule has 3 N–H and O–H groups in total. The van der Waals surface area contributed by atoms with E-state index in [4.69, 9.17) is 0 Å². The third kappa shape index (κ3) is 5.94. The average Bonchev–Trinajstić information content (AvgIpc) is 2.60. The van der Waals surface area contributed by atoms with Gasteiger partial charge in [0.05, 0.1) is 7.05 Å². The molecule has 1 heterocycles. The van der Waals surface area contributed by atoms with Gasteiger partial charge in [-0.25, -0.2) is 0 Å². The molecule has 1 aromatic rings. The Labute approximate surface area is 149 Å². The topological polar surface area (TPSA) is 77.3 Å². The van der Waals surface area contributed by atoms with Crippen molar-refractivity contribution < 1.29 is 19.6 Å². The van der Waals surface area contributed by atoms with Gasteiger partial charge in [-0.2, -0.15) is 0 Å². The molecule has 1 aliphatic heterocycles. The third-order valence-electron chi connectivity index (χ3n) is 4.33. The zero-order valence-corrected chi connectivity index (χ0v) is 15.1. The van der Waals surface area contributed by atoms with Crippen LogP contribution in [0.5, 0.6) is 5.75 Å². The van der Waals surface area contributed by atoms with Crippen LogP contribution >= 0.6 is 0 Å². The van der Waals surface area contributed by atoms with Crippen molar-refractivity contribution in [1.82, 2.24) is 10.2 Å². The molecule has 2 amide bonds. The fraction of sp³-hybridized carbons (Fsp3) is 0.556. The van der Waals surface area contributed by atoms with Gasteiger partial charge in [-0.3, -0.25) is 9.59 Å². The summed E-state index contributed by atoms with van der Waals surface area (Å²) in [4.78, 5) is 29.1. The number of carbonyl (C=O) groups is 2. The van der Waals surface area contributed by atoms with Crippen molar-refractivity contribution in [2.45, 2.75) is 13.3 Å². The number of phenols is 1. The highest BCUT2D eigenvalue weighted by Crippen LogP contribution is 2.19. The molecule has 1 unspecified atom stereocenters. The summed E-state index contributed by atoms with van der Waals surface area (Å²) >= 11 is 0. The Morgan fingerprint density at radius 2 is 1.76 bits per heavy atom. The van der Waals surface area contributed by atoms with Crippen molar-refractivity contribution in [3.8, 4) is 5.75 Å². The summed E-state index contributed by atoms with van der Waals surface area (Å²) in [6, 6.07) is 7.13. The van der Waals surface area contributed by atoms with E-state index >= 15 is 0 Å². The van der Waals surface area contributed by atoms with Gasteiger partial charge in [0.25, 0.3) is 11.8 Å². The minimum absolute atomic E-state index is 0.00991. The molecule has 2 rings (SSSR count). The molecule has 0 radical (unpaired) electrons. The van der Waals surface area contributed by atoms with E-state index < -0.39 is 0 Å². The Morgan fingerprint density at radius 1 is 1.12 bits per heavy atom. The van der Waals surface area contributed by atoms with Crippen LogP contribution in [-0.2, 0) is 9.59 Å². The van der Waals surface area contributed by atoms with Gasteiger partial charge < -0.3 is 25.1 Å². The lowest BCUT2D eigenvalue weighted by Crippen LogP contribution is -3.11. The van der Waals surface area contributed by atoms with Gasteiger partial charge in [-0.1, -0.05) is 6.92 Å². The van der Waals surface area contributed by atoms with E-state index in [1.165, 1.54) is 0 Å². The molecular weight excluding hydrogens is 320 g/mol. The lowest BCUT2D eigenvalue weighted by Gasteiger charge is -2.36. The van der Waals surface area contributed by atoms with Gasteiger partial charge >= 0.3 is 0 Å². The minimum Gasteiger partial charge on any atom is -0.508 e. The van der Waals surface area contributed by atoms with E-state index in [2.05, 4.69) is 10.2 Å².